The van der Waals surface area contributed by atoms with E-state index >= 15 is 0 Å². The fraction of sp³-hybridized carbons (Fsp3) is 0.348. The molecule has 1 aromatic heterocycles. The van der Waals surface area contributed by atoms with Crippen molar-refractivity contribution in [3.63, 3.8) is 0 Å². The third-order valence-electron chi connectivity index (χ3n) is 5.53. The van der Waals surface area contributed by atoms with Crippen molar-refractivity contribution in [1.82, 2.24) is 15.1 Å². The lowest BCUT2D eigenvalue weighted by Crippen LogP contribution is -2.56. The third kappa shape index (κ3) is 4.67. The minimum absolute atomic E-state index is 0.0592. The molecule has 0 N–H and O–H groups in total. The summed E-state index contributed by atoms with van der Waals surface area (Å²) in [6, 6.07) is 16.6. The highest BCUT2D eigenvalue weighted by Gasteiger charge is 2.38. The van der Waals surface area contributed by atoms with E-state index in [1.807, 2.05) is 30.3 Å². The van der Waals surface area contributed by atoms with Crippen LogP contribution in [0.5, 0.6) is 0 Å². The number of alkyl halides is 3. The molecular weight excluding hydrogens is 421 g/mol. The Morgan fingerprint density at radius 1 is 1.09 bits per heavy atom. The number of halogens is 3. The normalized spacial score (nSPS) is 15.1. The van der Waals surface area contributed by atoms with E-state index < -0.39 is 12.1 Å². The molecule has 0 spiro atoms. The second-order valence-corrected chi connectivity index (χ2v) is 8.11. The largest absolute Gasteiger partial charge is 0.470 e. The van der Waals surface area contributed by atoms with Crippen LogP contribution in [-0.2, 0) is 17.5 Å². The van der Waals surface area contributed by atoms with Gasteiger partial charge in [-0.2, -0.15) is 13.2 Å². The van der Waals surface area contributed by atoms with Crippen LogP contribution in [0, 0.1) is 5.92 Å². The minimum atomic E-state index is -4.69. The zero-order valence-electron chi connectivity index (χ0n) is 17.7. The Bertz CT molecular complexity index is 1060. The van der Waals surface area contributed by atoms with E-state index in [4.69, 9.17) is 4.42 Å². The number of carbonyl (C=O) groups excluding carboxylic acids is 1. The van der Waals surface area contributed by atoms with Gasteiger partial charge in [0.25, 0.3) is 0 Å². The molecule has 2 heterocycles. The number of rotatable bonds is 6. The maximum absolute atomic E-state index is 13.2. The number of anilines is 1. The summed E-state index contributed by atoms with van der Waals surface area (Å²) in [6.45, 7) is 6.03. The summed E-state index contributed by atoms with van der Waals surface area (Å²) in [5.41, 5.74) is 2.01. The van der Waals surface area contributed by atoms with Gasteiger partial charge < -0.3 is 9.32 Å². The predicted octanol–water partition coefficient (Wildman–Crippen LogP) is 4.63. The summed E-state index contributed by atoms with van der Waals surface area (Å²) in [6.07, 6.45) is -4.69. The Labute approximate surface area is 183 Å². The van der Waals surface area contributed by atoms with Crippen molar-refractivity contribution in [1.29, 1.82) is 0 Å². The van der Waals surface area contributed by atoms with E-state index in [1.165, 1.54) is 0 Å². The fourth-order valence-electron chi connectivity index (χ4n) is 3.61. The molecule has 168 valence electrons. The molecular formula is C23H23F3N4O2. The number of aromatic nitrogens is 2. The number of nitrogens with zero attached hydrogens (tertiary/aromatic N) is 4. The number of carbonyl (C=O) groups is 1. The Balaban J connectivity index is 1.51. The zero-order chi connectivity index (χ0) is 22.9. The number of amides is 1. The van der Waals surface area contributed by atoms with Crippen molar-refractivity contribution >= 4 is 11.6 Å². The molecule has 4 rings (SSSR count). The van der Waals surface area contributed by atoms with Gasteiger partial charge in [0, 0.05) is 30.4 Å². The second kappa shape index (κ2) is 8.74. The van der Waals surface area contributed by atoms with Gasteiger partial charge in [-0.1, -0.05) is 30.3 Å². The SMILES string of the molecule is CC(C)N1CC(C(=O)N(Cc2ccc(-c3nnc(C(F)(F)F)o3)cc2)c2ccccc2)C1. The molecule has 1 aliphatic heterocycles. The van der Waals surface area contributed by atoms with Crippen LogP contribution < -0.4 is 4.90 Å². The molecule has 0 atom stereocenters. The highest BCUT2D eigenvalue weighted by Crippen LogP contribution is 2.31. The van der Waals surface area contributed by atoms with E-state index in [1.54, 1.807) is 29.2 Å². The van der Waals surface area contributed by atoms with Crippen molar-refractivity contribution in [2.45, 2.75) is 32.6 Å². The van der Waals surface area contributed by atoms with Crippen molar-refractivity contribution in [3.8, 4) is 11.5 Å². The van der Waals surface area contributed by atoms with E-state index in [9.17, 15) is 18.0 Å². The van der Waals surface area contributed by atoms with Crippen LogP contribution in [-0.4, -0.2) is 40.1 Å². The molecule has 32 heavy (non-hydrogen) atoms. The van der Waals surface area contributed by atoms with Gasteiger partial charge in [0.1, 0.15) is 0 Å². The fourth-order valence-corrected chi connectivity index (χ4v) is 3.61. The van der Waals surface area contributed by atoms with Gasteiger partial charge in [0.2, 0.25) is 11.8 Å². The first-order valence-corrected chi connectivity index (χ1v) is 10.3. The van der Waals surface area contributed by atoms with Gasteiger partial charge in [-0.15, -0.1) is 10.2 Å². The highest BCUT2D eigenvalue weighted by molar-refractivity contribution is 5.95. The quantitative estimate of drug-likeness (QED) is 0.555. The van der Waals surface area contributed by atoms with Crippen LogP contribution in [0.2, 0.25) is 0 Å². The van der Waals surface area contributed by atoms with E-state index in [2.05, 4.69) is 28.9 Å². The summed E-state index contributed by atoms with van der Waals surface area (Å²) >= 11 is 0. The molecule has 0 bridgehead atoms. The average Bonchev–Trinajstić information content (AvgIpc) is 3.22. The van der Waals surface area contributed by atoms with Gasteiger partial charge in [-0.05, 0) is 43.7 Å². The van der Waals surface area contributed by atoms with Gasteiger partial charge in [-0.3, -0.25) is 9.69 Å². The Kier molecular flexibility index (Phi) is 6.01. The molecule has 1 fully saturated rings. The first-order valence-electron chi connectivity index (χ1n) is 10.3. The zero-order valence-corrected chi connectivity index (χ0v) is 17.7. The van der Waals surface area contributed by atoms with E-state index in [-0.39, 0.29) is 17.7 Å². The van der Waals surface area contributed by atoms with Crippen molar-refractivity contribution < 1.29 is 22.4 Å². The van der Waals surface area contributed by atoms with Crippen molar-refractivity contribution in [2.24, 2.45) is 5.92 Å². The van der Waals surface area contributed by atoms with Crippen LogP contribution in [0.25, 0.3) is 11.5 Å². The Morgan fingerprint density at radius 2 is 1.75 bits per heavy atom. The summed E-state index contributed by atoms with van der Waals surface area (Å²) in [5, 5.41) is 6.53. The predicted molar refractivity (Wildman–Crippen MR) is 113 cm³/mol. The molecule has 3 aromatic rings. The lowest BCUT2D eigenvalue weighted by Gasteiger charge is -2.43. The lowest BCUT2D eigenvalue weighted by atomic mass is 9.96. The van der Waals surface area contributed by atoms with Crippen LogP contribution in [0.3, 0.4) is 0 Å². The first kappa shape index (κ1) is 22.0. The number of hydrogen-bond donors (Lipinski definition) is 0. The second-order valence-electron chi connectivity index (χ2n) is 8.11. The third-order valence-corrected chi connectivity index (χ3v) is 5.53. The van der Waals surface area contributed by atoms with E-state index in [0.29, 0.717) is 18.2 Å². The van der Waals surface area contributed by atoms with Crippen molar-refractivity contribution in [3.05, 3.63) is 66.1 Å². The average molecular weight is 444 g/mol. The molecule has 0 unspecified atom stereocenters. The molecule has 9 heteroatoms. The summed E-state index contributed by atoms with van der Waals surface area (Å²) in [5.74, 6) is -1.59. The minimum Gasteiger partial charge on any atom is -0.413 e. The number of benzene rings is 2. The number of hydrogen-bond acceptors (Lipinski definition) is 5. The smallest absolute Gasteiger partial charge is 0.413 e. The number of likely N-dealkylation sites (tertiary alicyclic amines) is 1. The monoisotopic (exact) mass is 444 g/mol. The molecule has 6 nitrogen and oxygen atoms in total. The Hall–Kier alpha value is -3.20. The summed E-state index contributed by atoms with van der Waals surface area (Å²) in [7, 11) is 0. The Morgan fingerprint density at radius 3 is 2.31 bits per heavy atom. The van der Waals surface area contributed by atoms with E-state index in [0.717, 1.165) is 24.3 Å². The van der Waals surface area contributed by atoms with Crippen LogP contribution >= 0.6 is 0 Å². The standard InChI is InChI=1S/C23H23F3N4O2/c1-15(2)29-13-18(14-29)21(31)30(19-6-4-3-5-7-19)12-16-8-10-17(11-9-16)20-27-28-22(32-20)23(24,25)26/h3-11,15,18H,12-14H2,1-2H3. The summed E-state index contributed by atoms with van der Waals surface area (Å²) in [4.78, 5) is 17.2. The molecule has 1 amide bonds. The van der Waals surface area contributed by atoms with Crippen molar-refractivity contribution in [2.75, 3.05) is 18.0 Å². The van der Waals surface area contributed by atoms with Crippen LogP contribution in [0.4, 0.5) is 18.9 Å². The first-order chi connectivity index (χ1) is 15.2. The van der Waals surface area contributed by atoms with Crippen LogP contribution in [0.15, 0.2) is 59.0 Å². The van der Waals surface area contributed by atoms with Gasteiger partial charge >= 0.3 is 12.1 Å². The van der Waals surface area contributed by atoms with Gasteiger partial charge in [-0.25, -0.2) is 0 Å². The molecule has 1 aliphatic rings. The van der Waals surface area contributed by atoms with Gasteiger partial charge in [0.05, 0.1) is 12.5 Å². The molecule has 2 aromatic carbocycles. The highest BCUT2D eigenvalue weighted by atomic mass is 19.4. The summed E-state index contributed by atoms with van der Waals surface area (Å²) < 4.78 is 42.8. The topological polar surface area (TPSA) is 62.5 Å². The maximum atomic E-state index is 13.2. The molecule has 0 aliphatic carbocycles. The number of para-hydroxylation sites is 1. The molecule has 1 saturated heterocycles. The maximum Gasteiger partial charge on any atom is 0.470 e. The van der Waals surface area contributed by atoms with Crippen LogP contribution in [0.1, 0.15) is 25.3 Å². The molecule has 0 radical (unpaired) electrons. The lowest BCUT2D eigenvalue weighted by molar-refractivity contribution is -0.157. The van der Waals surface area contributed by atoms with Gasteiger partial charge in [0.15, 0.2) is 0 Å². The molecule has 0 saturated carbocycles.